The molecule has 2 N–H and O–H groups in total. The average molecular weight is 302 g/mol. The number of urea groups is 1. The lowest BCUT2D eigenvalue weighted by molar-refractivity contribution is 0.210. The molecule has 1 aliphatic rings. The largest absolute Gasteiger partial charge is 0.398 e. The molecule has 2 amide bonds. The number of amides is 2. The van der Waals surface area contributed by atoms with Crippen molar-refractivity contribution < 1.29 is 4.79 Å². The maximum absolute atomic E-state index is 12.5. The van der Waals surface area contributed by atoms with E-state index in [-0.39, 0.29) is 6.03 Å². The van der Waals surface area contributed by atoms with Gasteiger partial charge in [-0.3, -0.25) is 4.90 Å². The third kappa shape index (κ3) is 2.54. The summed E-state index contributed by atoms with van der Waals surface area (Å²) in [7, 11) is 1.80. The van der Waals surface area contributed by atoms with E-state index in [1.807, 2.05) is 30.3 Å². The van der Waals surface area contributed by atoms with Gasteiger partial charge in [-0.25, -0.2) is 4.79 Å². The van der Waals surface area contributed by atoms with Crippen molar-refractivity contribution in [2.24, 2.45) is 0 Å². The van der Waals surface area contributed by atoms with Crippen molar-refractivity contribution in [3.8, 4) is 0 Å². The van der Waals surface area contributed by atoms with Crippen LogP contribution < -0.4 is 10.6 Å². The van der Waals surface area contributed by atoms with E-state index in [4.69, 9.17) is 17.3 Å². The van der Waals surface area contributed by atoms with Crippen LogP contribution in [0.2, 0.25) is 5.02 Å². The van der Waals surface area contributed by atoms with Crippen LogP contribution in [-0.4, -0.2) is 18.0 Å². The molecular weight excluding hydrogens is 286 g/mol. The third-order valence-corrected chi connectivity index (χ3v) is 3.92. The molecule has 0 saturated heterocycles. The molecule has 0 aliphatic carbocycles. The summed E-state index contributed by atoms with van der Waals surface area (Å²) in [6, 6.07) is 13.3. The highest BCUT2D eigenvalue weighted by atomic mass is 35.5. The Kier molecular flexibility index (Phi) is 3.47. The minimum absolute atomic E-state index is 0.0250. The standard InChI is InChI=1S/C16H16ClN3O/c1-19-9-12-4-2-3-5-15(12)20(16(19)21)10-11-6-7-13(17)8-14(11)18/h2-8H,9-10,18H2,1H3. The number of nitrogens with zero attached hydrogens (tertiary/aromatic N) is 2. The van der Waals surface area contributed by atoms with Gasteiger partial charge in [-0.05, 0) is 29.3 Å². The van der Waals surface area contributed by atoms with E-state index in [0.717, 1.165) is 16.8 Å². The summed E-state index contributed by atoms with van der Waals surface area (Å²) >= 11 is 5.92. The molecule has 2 aromatic carbocycles. The first kappa shape index (κ1) is 13.8. The molecule has 0 fully saturated rings. The maximum atomic E-state index is 12.5. The second-order valence-electron chi connectivity index (χ2n) is 5.20. The van der Waals surface area contributed by atoms with Crippen molar-refractivity contribution >= 4 is 29.0 Å². The van der Waals surface area contributed by atoms with Gasteiger partial charge in [0.05, 0.1) is 12.2 Å². The molecule has 0 saturated carbocycles. The van der Waals surface area contributed by atoms with Gasteiger partial charge in [0.25, 0.3) is 0 Å². The molecule has 21 heavy (non-hydrogen) atoms. The molecule has 0 radical (unpaired) electrons. The van der Waals surface area contributed by atoms with E-state index in [0.29, 0.717) is 23.8 Å². The zero-order chi connectivity index (χ0) is 15.0. The highest BCUT2D eigenvalue weighted by Gasteiger charge is 2.28. The molecule has 1 aliphatic heterocycles. The lowest BCUT2D eigenvalue weighted by Gasteiger charge is -2.35. The second kappa shape index (κ2) is 5.30. The molecular formula is C16H16ClN3O. The molecule has 108 valence electrons. The van der Waals surface area contributed by atoms with Crippen LogP contribution in [0, 0.1) is 0 Å². The Labute approximate surface area is 128 Å². The van der Waals surface area contributed by atoms with Gasteiger partial charge in [0.2, 0.25) is 0 Å². The van der Waals surface area contributed by atoms with Gasteiger partial charge in [-0.1, -0.05) is 35.9 Å². The third-order valence-electron chi connectivity index (χ3n) is 3.68. The van der Waals surface area contributed by atoms with Crippen molar-refractivity contribution in [1.82, 2.24) is 4.90 Å². The minimum Gasteiger partial charge on any atom is -0.398 e. The first-order valence-electron chi connectivity index (χ1n) is 6.70. The fraction of sp³-hybridized carbons (Fsp3) is 0.188. The van der Waals surface area contributed by atoms with Crippen LogP contribution in [0.5, 0.6) is 0 Å². The van der Waals surface area contributed by atoms with Gasteiger partial charge in [0, 0.05) is 24.3 Å². The summed E-state index contributed by atoms with van der Waals surface area (Å²) in [6.45, 7) is 1.06. The van der Waals surface area contributed by atoms with Gasteiger partial charge < -0.3 is 10.6 Å². The first-order chi connectivity index (χ1) is 10.1. The molecule has 1 heterocycles. The van der Waals surface area contributed by atoms with Crippen LogP contribution in [0.1, 0.15) is 11.1 Å². The first-order valence-corrected chi connectivity index (χ1v) is 7.08. The van der Waals surface area contributed by atoms with Gasteiger partial charge in [-0.15, -0.1) is 0 Å². The van der Waals surface area contributed by atoms with E-state index >= 15 is 0 Å². The average Bonchev–Trinajstić information content (AvgIpc) is 2.46. The summed E-state index contributed by atoms with van der Waals surface area (Å²) < 4.78 is 0. The zero-order valence-electron chi connectivity index (χ0n) is 11.7. The van der Waals surface area contributed by atoms with E-state index in [9.17, 15) is 4.79 Å². The number of nitrogen functional groups attached to an aromatic ring is 1. The number of rotatable bonds is 2. The minimum atomic E-state index is -0.0250. The number of carbonyl (C=O) groups excluding carboxylic acids is 1. The number of benzene rings is 2. The quantitative estimate of drug-likeness (QED) is 0.863. The monoisotopic (exact) mass is 301 g/mol. The van der Waals surface area contributed by atoms with Crippen molar-refractivity contribution in [1.29, 1.82) is 0 Å². The van der Waals surface area contributed by atoms with Gasteiger partial charge in [0.1, 0.15) is 0 Å². The summed E-state index contributed by atoms with van der Waals surface area (Å²) in [6.07, 6.45) is 0. The van der Waals surface area contributed by atoms with Gasteiger partial charge in [0.15, 0.2) is 0 Å². The van der Waals surface area contributed by atoms with Crippen LogP contribution in [0.25, 0.3) is 0 Å². The summed E-state index contributed by atoms with van der Waals surface area (Å²) in [5.74, 6) is 0. The topological polar surface area (TPSA) is 49.6 Å². The Morgan fingerprint density at radius 3 is 2.76 bits per heavy atom. The fourth-order valence-corrected chi connectivity index (χ4v) is 2.75. The van der Waals surface area contributed by atoms with Crippen molar-refractivity contribution in [3.63, 3.8) is 0 Å². The Morgan fingerprint density at radius 2 is 2.00 bits per heavy atom. The second-order valence-corrected chi connectivity index (χ2v) is 5.63. The predicted molar refractivity (Wildman–Crippen MR) is 85.4 cm³/mol. The molecule has 2 aromatic rings. The highest BCUT2D eigenvalue weighted by molar-refractivity contribution is 6.30. The molecule has 0 spiro atoms. The lowest BCUT2D eigenvalue weighted by atomic mass is 10.1. The summed E-state index contributed by atoms with van der Waals surface area (Å²) in [5, 5.41) is 0.596. The van der Waals surface area contributed by atoms with Gasteiger partial charge >= 0.3 is 6.03 Å². The van der Waals surface area contributed by atoms with E-state index in [2.05, 4.69) is 0 Å². The Hall–Kier alpha value is -2.20. The number of nitrogens with two attached hydrogens (primary N) is 1. The summed E-state index contributed by atoms with van der Waals surface area (Å²) in [5.41, 5.74) is 9.56. The number of hydrogen-bond acceptors (Lipinski definition) is 2. The zero-order valence-corrected chi connectivity index (χ0v) is 12.5. The number of para-hydroxylation sites is 1. The molecule has 0 aromatic heterocycles. The molecule has 0 atom stereocenters. The smallest absolute Gasteiger partial charge is 0.324 e. The number of fused-ring (bicyclic) bond motifs is 1. The van der Waals surface area contributed by atoms with Crippen LogP contribution in [-0.2, 0) is 13.1 Å². The highest BCUT2D eigenvalue weighted by Crippen LogP contribution is 2.30. The van der Waals surface area contributed by atoms with Crippen molar-refractivity contribution in [2.75, 3.05) is 17.7 Å². The van der Waals surface area contributed by atoms with Crippen LogP contribution in [0.15, 0.2) is 42.5 Å². The van der Waals surface area contributed by atoms with Crippen molar-refractivity contribution in [3.05, 3.63) is 58.6 Å². The molecule has 0 unspecified atom stereocenters. The number of halogens is 1. The molecule has 5 heteroatoms. The van der Waals surface area contributed by atoms with Crippen LogP contribution in [0.4, 0.5) is 16.2 Å². The predicted octanol–water partition coefficient (Wildman–Crippen LogP) is 3.49. The van der Waals surface area contributed by atoms with Crippen LogP contribution >= 0.6 is 11.6 Å². The van der Waals surface area contributed by atoms with E-state index in [1.165, 1.54) is 0 Å². The Bertz CT molecular complexity index is 702. The number of hydrogen-bond donors (Lipinski definition) is 1. The summed E-state index contributed by atoms with van der Waals surface area (Å²) in [4.78, 5) is 15.9. The molecule has 4 nitrogen and oxygen atoms in total. The Morgan fingerprint density at radius 1 is 1.24 bits per heavy atom. The fourth-order valence-electron chi connectivity index (χ4n) is 2.57. The lowest BCUT2D eigenvalue weighted by Crippen LogP contribution is -2.44. The van der Waals surface area contributed by atoms with E-state index in [1.54, 1.807) is 29.0 Å². The normalized spacial score (nSPS) is 14.3. The Balaban J connectivity index is 1.99. The van der Waals surface area contributed by atoms with Crippen LogP contribution in [0.3, 0.4) is 0 Å². The van der Waals surface area contributed by atoms with E-state index < -0.39 is 0 Å². The van der Waals surface area contributed by atoms with Crippen molar-refractivity contribution in [2.45, 2.75) is 13.1 Å². The van der Waals surface area contributed by atoms with Gasteiger partial charge in [-0.2, -0.15) is 0 Å². The number of anilines is 2. The molecule has 3 rings (SSSR count). The number of carbonyl (C=O) groups is 1. The maximum Gasteiger partial charge on any atom is 0.324 e. The molecule has 0 bridgehead atoms. The SMILES string of the molecule is CN1Cc2ccccc2N(Cc2ccc(Cl)cc2N)C1=O.